The second-order valence-corrected chi connectivity index (χ2v) is 9.98. The molecule has 0 unspecified atom stereocenters. The lowest BCUT2D eigenvalue weighted by Crippen LogP contribution is -2.38. The van der Waals surface area contributed by atoms with Crippen molar-refractivity contribution in [3.63, 3.8) is 0 Å². The zero-order valence-electron chi connectivity index (χ0n) is 19.2. The molecule has 1 aliphatic heterocycles. The van der Waals surface area contributed by atoms with E-state index in [0.29, 0.717) is 6.54 Å². The quantitative estimate of drug-likeness (QED) is 0.369. The Hall–Kier alpha value is -3.51. The zero-order valence-corrected chi connectivity index (χ0v) is 20.0. The summed E-state index contributed by atoms with van der Waals surface area (Å²) in [7, 11) is 1.64. The van der Waals surface area contributed by atoms with Gasteiger partial charge in [0.2, 0.25) is 0 Å². The molecule has 0 saturated heterocycles. The maximum atomic E-state index is 13.9. The number of urea groups is 1. The topological polar surface area (TPSA) is 46.5 Å². The van der Waals surface area contributed by atoms with Gasteiger partial charge in [-0.1, -0.05) is 30.3 Å². The van der Waals surface area contributed by atoms with Gasteiger partial charge in [0.25, 0.3) is 0 Å². The average molecular weight is 470 g/mol. The molecule has 5 nitrogen and oxygen atoms in total. The maximum absolute atomic E-state index is 13.9. The molecule has 0 bridgehead atoms. The number of nitrogens with zero attached hydrogens (tertiary/aromatic N) is 2. The first-order valence-corrected chi connectivity index (χ1v) is 12.6. The van der Waals surface area contributed by atoms with Crippen LogP contribution in [0.5, 0.6) is 5.75 Å². The first kappa shape index (κ1) is 21.1. The number of ether oxygens (including phenoxy) is 1. The normalized spacial score (nSPS) is 16.7. The summed E-state index contributed by atoms with van der Waals surface area (Å²) >= 11 is 1.91. The summed E-state index contributed by atoms with van der Waals surface area (Å²) in [5.74, 6) is 0.766. The Bertz CT molecular complexity index is 1320. The molecule has 3 heterocycles. The van der Waals surface area contributed by atoms with Gasteiger partial charge in [0.1, 0.15) is 10.8 Å². The molecule has 2 aromatic carbocycles. The number of fused-ring (bicyclic) bond motifs is 5. The fourth-order valence-electron chi connectivity index (χ4n) is 5.24. The third-order valence-corrected chi connectivity index (χ3v) is 8.23. The van der Waals surface area contributed by atoms with Gasteiger partial charge >= 0.3 is 6.03 Å². The number of carbonyl (C=O) groups is 1. The molecule has 1 atom stereocenters. The predicted octanol–water partition coefficient (Wildman–Crippen LogP) is 6.56. The number of hydrogen-bond acceptors (Lipinski definition) is 3. The third-order valence-electron chi connectivity index (χ3n) is 6.90. The number of aromatic nitrogens is 1. The highest BCUT2D eigenvalue weighted by Crippen LogP contribution is 2.44. The molecule has 0 fully saturated rings. The van der Waals surface area contributed by atoms with Gasteiger partial charge in [-0.05, 0) is 73.2 Å². The van der Waals surface area contributed by atoms with E-state index >= 15 is 0 Å². The van der Waals surface area contributed by atoms with E-state index in [4.69, 9.17) is 4.74 Å². The summed E-state index contributed by atoms with van der Waals surface area (Å²) in [5, 5.41) is 4.41. The summed E-state index contributed by atoms with van der Waals surface area (Å²) in [6.07, 6.45) is 6.86. The Morgan fingerprint density at radius 2 is 1.76 bits per heavy atom. The van der Waals surface area contributed by atoms with Crippen molar-refractivity contribution in [2.75, 3.05) is 12.4 Å². The number of nitrogens with one attached hydrogen (secondary N) is 1. The lowest BCUT2D eigenvalue weighted by Gasteiger charge is -2.31. The van der Waals surface area contributed by atoms with E-state index < -0.39 is 0 Å². The summed E-state index contributed by atoms with van der Waals surface area (Å²) in [6, 6.07) is 21.8. The van der Waals surface area contributed by atoms with Gasteiger partial charge in [0, 0.05) is 22.3 Å². The van der Waals surface area contributed by atoms with Gasteiger partial charge in [-0.2, -0.15) is 0 Å². The highest BCUT2D eigenvalue weighted by molar-refractivity contribution is 7.15. The summed E-state index contributed by atoms with van der Waals surface area (Å²) in [4.78, 5) is 17.4. The lowest BCUT2D eigenvalue weighted by molar-refractivity contribution is 0.194. The molecule has 2 amide bonds. The molecule has 1 N–H and O–H groups in total. The summed E-state index contributed by atoms with van der Waals surface area (Å²) < 4.78 is 7.59. The van der Waals surface area contributed by atoms with Crippen LogP contribution in [-0.2, 0) is 19.4 Å². The zero-order chi connectivity index (χ0) is 23.1. The van der Waals surface area contributed by atoms with Crippen LogP contribution in [0.15, 0.2) is 72.9 Å². The van der Waals surface area contributed by atoms with Crippen molar-refractivity contribution in [3.8, 4) is 10.8 Å². The Balaban J connectivity index is 1.46. The van der Waals surface area contributed by atoms with E-state index in [-0.39, 0.29) is 12.1 Å². The molecule has 0 spiro atoms. The predicted molar refractivity (Wildman–Crippen MR) is 136 cm³/mol. The minimum atomic E-state index is -0.187. The number of benzene rings is 2. The number of rotatable bonds is 3. The van der Waals surface area contributed by atoms with E-state index in [2.05, 4.69) is 40.3 Å². The van der Waals surface area contributed by atoms with E-state index in [9.17, 15) is 4.79 Å². The molecule has 34 heavy (non-hydrogen) atoms. The molecular weight excluding hydrogens is 442 g/mol. The maximum Gasteiger partial charge on any atom is 0.322 e. The van der Waals surface area contributed by atoms with Crippen LogP contribution in [0.3, 0.4) is 0 Å². The van der Waals surface area contributed by atoms with Crippen molar-refractivity contribution in [1.82, 2.24) is 9.47 Å². The monoisotopic (exact) mass is 469 g/mol. The van der Waals surface area contributed by atoms with Crippen molar-refractivity contribution < 1.29 is 9.53 Å². The van der Waals surface area contributed by atoms with Gasteiger partial charge in [-0.25, -0.2) is 4.79 Å². The van der Waals surface area contributed by atoms with Crippen LogP contribution in [0.2, 0.25) is 0 Å². The first-order valence-electron chi connectivity index (χ1n) is 11.8. The molecule has 2 aliphatic rings. The Labute approximate surface area is 203 Å². The number of thiophene rings is 1. The second-order valence-electron chi connectivity index (χ2n) is 8.90. The molecule has 2 aromatic heterocycles. The average Bonchev–Trinajstić information content (AvgIpc) is 3.47. The number of hydrogen-bond donors (Lipinski definition) is 1. The van der Waals surface area contributed by atoms with Crippen LogP contribution in [0.25, 0.3) is 5.00 Å². The molecule has 0 saturated carbocycles. The smallest absolute Gasteiger partial charge is 0.322 e. The molecule has 6 heteroatoms. The van der Waals surface area contributed by atoms with Crippen LogP contribution >= 0.6 is 11.3 Å². The summed E-state index contributed by atoms with van der Waals surface area (Å²) in [6.45, 7) is 0.588. The van der Waals surface area contributed by atoms with Crippen molar-refractivity contribution >= 4 is 23.1 Å². The standard InChI is InChI=1S/C28H27N3O2S/c1-33-21-15-13-20(14-16-21)29-28(32)31-18-23-22-10-5-6-12-25(22)34-27(23)30-17-7-11-24(30)26(31)19-8-3-2-4-9-19/h2-4,7-9,11,13-17,26H,5-6,10,12,18H2,1H3,(H,29,32)/t26-/m0/s1. The van der Waals surface area contributed by atoms with Crippen LogP contribution in [0.4, 0.5) is 10.5 Å². The lowest BCUT2D eigenvalue weighted by atomic mass is 9.95. The van der Waals surface area contributed by atoms with Gasteiger partial charge < -0.3 is 19.5 Å². The number of amides is 2. The fraction of sp³-hybridized carbons (Fsp3) is 0.250. The van der Waals surface area contributed by atoms with E-state index in [1.165, 1.54) is 33.8 Å². The van der Waals surface area contributed by atoms with Crippen LogP contribution in [0, 0.1) is 0 Å². The highest BCUT2D eigenvalue weighted by Gasteiger charge is 2.36. The Morgan fingerprint density at radius 3 is 2.56 bits per heavy atom. The highest BCUT2D eigenvalue weighted by atomic mass is 32.1. The Kier molecular flexibility index (Phi) is 5.38. The SMILES string of the molecule is COc1ccc(NC(=O)N2Cc3c(sc4c3CCCC4)-n3cccc3[C@@H]2c2ccccc2)cc1. The van der Waals surface area contributed by atoms with Crippen molar-refractivity contribution in [2.45, 2.75) is 38.3 Å². The van der Waals surface area contributed by atoms with Gasteiger partial charge in [-0.15, -0.1) is 11.3 Å². The van der Waals surface area contributed by atoms with Crippen molar-refractivity contribution in [1.29, 1.82) is 0 Å². The molecule has 6 rings (SSSR count). The number of aryl methyl sites for hydroxylation is 1. The molecule has 172 valence electrons. The van der Waals surface area contributed by atoms with E-state index in [1.54, 1.807) is 7.11 Å². The number of methoxy groups -OCH3 is 1. The van der Waals surface area contributed by atoms with Crippen LogP contribution in [0.1, 0.15) is 46.1 Å². The fourth-order valence-corrected chi connectivity index (χ4v) is 6.65. The molecule has 1 aliphatic carbocycles. The van der Waals surface area contributed by atoms with Crippen LogP contribution in [-0.4, -0.2) is 22.6 Å². The number of anilines is 1. The summed E-state index contributed by atoms with van der Waals surface area (Å²) in [5.41, 5.74) is 5.75. The van der Waals surface area contributed by atoms with Crippen molar-refractivity contribution in [3.05, 3.63) is 100 Å². The van der Waals surface area contributed by atoms with Gasteiger partial charge in [0.05, 0.1) is 25.4 Å². The third kappa shape index (κ3) is 3.59. The Morgan fingerprint density at radius 1 is 0.971 bits per heavy atom. The minimum absolute atomic E-state index is 0.102. The van der Waals surface area contributed by atoms with Crippen molar-refractivity contribution in [2.24, 2.45) is 0 Å². The largest absolute Gasteiger partial charge is 0.497 e. The van der Waals surface area contributed by atoms with E-state index in [0.717, 1.165) is 35.5 Å². The molecule has 0 radical (unpaired) electrons. The second kappa shape index (κ2) is 8.69. The van der Waals surface area contributed by atoms with Crippen LogP contribution < -0.4 is 10.1 Å². The minimum Gasteiger partial charge on any atom is -0.497 e. The molecular formula is C28H27N3O2S. The molecule has 4 aromatic rings. The number of carbonyl (C=O) groups excluding carboxylic acids is 1. The van der Waals surface area contributed by atoms with E-state index in [1.807, 2.05) is 58.7 Å². The first-order chi connectivity index (χ1) is 16.7. The van der Waals surface area contributed by atoms with Gasteiger partial charge in [-0.3, -0.25) is 0 Å². The van der Waals surface area contributed by atoms with Gasteiger partial charge in [0.15, 0.2) is 0 Å².